The van der Waals surface area contributed by atoms with E-state index in [1.54, 1.807) is 16.7 Å². The van der Waals surface area contributed by atoms with Crippen LogP contribution in [0, 0.1) is 13.8 Å². The van der Waals surface area contributed by atoms with Gasteiger partial charge in [-0.05, 0) is 55.3 Å². The second kappa shape index (κ2) is 9.92. The van der Waals surface area contributed by atoms with E-state index in [-0.39, 0.29) is 0 Å². The van der Waals surface area contributed by atoms with Crippen molar-refractivity contribution in [2.45, 2.75) is 23.6 Å². The van der Waals surface area contributed by atoms with E-state index in [0.717, 1.165) is 9.79 Å². The van der Waals surface area contributed by atoms with E-state index in [2.05, 4.69) is 42.3 Å². The molecule has 32 heavy (non-hydrogen) atoms. The second-order valence-corrected chi connectivity index (χ2v) is 8.98. The number of anilines is 2. The van der Waals surface area contributed by atoms with E-state index in [4.69, 9.17) is 0 Å². The highest BCUT2D eigenvalue weighted by atomic mass is 32.2. The van der Waals surface area contributed by atoms with Crippen LogP contribution in [0.5, 0.6) is 0 Å². The molecule has 0 unspecified atom stereocenters. The molecule has 0 aromatic heterocycles. The van der Waals surface area contributed by atoms with Gasteiger partial charge in [0, 0.05) is 41.7 Å². The number of rotatable bonds is 4. The molecule has 0 aliphatic carbocycles. The molecule has 1 aliphatic rings. The Morgan fingerprint density at radius 1 is 0.812 bits per heavy atom. The van der Waals surface area contributed by atoms with Gasteiger partial charge in [0.05, 0.1) is 5.69 Å². The normalized spacial score (nSPS) is 13.7. The first-order valence-corrected chi connectivity index (χ1v) is 11.6. The molecule has 6 heteroatoms. The first kappa shape index (κ1) is 22.0. The minimum Gasteiger partial charge on any atom is -0.368 e. The summed E-state index contributed by atoms with van der Waals surface area (Å²) in [5.74, 6) is -1.07. The Balaban J connectivity index is 1.38. The number of nitrogens with one attached hydrogen (secondary N) is 1. The summed E-state index contributed by atoms with van der Waals surface area (Å²) < 4.78 is 0. The number of para-hydroxylation sites is 1. The van der Waals surface area contributed by atoms with Crippen molar-refractivity contribution in [2.75, 3.05) is 36.4 Å². The SMILES string of the molecule is Cc1cccc(N2CCN(C(=O)C(=O)Nc3ccccc3Sc3ccccc3)CC2)c1C. The Morgan fingerprint density at radius 3 is 2.25 bits per heavy atom. The number of hydrogen-bond donors (Lipinski definition) is 1. The Morgan fingerprint density at radius 2 is 1.50 bits per heavy atom. The number of hydrogen-bond acceptors (Lipinski definition) is 4. The first-order chi connectivity index (χ1) is 15.5. The summed E-state index contributed by atoms with van der Waals surface area (Å²) in [5, 5.41) is 2.82. The third-order valence-electron chi connectivity index (χ3n) is 5.78. The van der Waals surface area contributed by atoms with E-state index in [9.17, 15) is 9.59 Å². The van der Waals surface area contributed by atoms with Crippen LogP contribution in [-0.4, -0.2) is 42.9 Å². The van der Waals surface area contributed by atoms with Crippen LogP contribution in [0.4, 0.5) is 11.4 Å². The average molecular weight is 446 g/mol. The van der Waals surface area contributed by atoms with Gasteiger partial charge in [-0.1, -0.05) is 54.2 Å². The van der Waals surface area contributed by atoms with Crippen LogP contribution in [0.25, 0.3) is 0 Å². The number of nitrogens with zero attached hydrogens (tertiary/aromatic N) is 2. The quantitative estimate of drug-likeness (QED) is 0.590. The maximum Gasteiger partial charge on any atom is 0.313 e. The van der Waals surface area contributed by atoms with Gasteiger partial charge in [0.15, 0.2) is 0 Å². The Hall–Kier alpha value is -3.25. The molecule has 0 radical (unpaired) electrons. The molecule has 1 fully saturated rings. The predicted molar refractivity (Wildman–Crippen MR) is 130 cm³/mol. The van der Waals surface area contributed by atoms with Crippen molar-refractivity contribution < 1.29 is 9.59 Å². The lowest BCUT2D eigenvalue weighted by Gasteiger charge is -2.36. The third-order valence-corrected chi connectivity index (χ3v) is 6.87. The summed E-state index contributed by atoms with van der Waals surface area (Å²) in [4.78, 5) is 31.5. The molecule has 1 saturated heterocycles. The van der Waals surface area contributed by atoms with Crippen molar-refractivity contribution in [2.24, 2.45) is 0 Å². The lowest BCUT2D eigenvalue weighted by atomic mass is 10.1. The Labute approximate surface area is 193 Å². The van der Waals surface area contributed by atoms with E-state index in [1.807, 2.05) is 54.6 Å². The number of carbonyl (C=O) groups is 2. The van der Waals surface area contributed by atoms with Gasteiger partial charge < -0.3 is 15.1 Å². The van der Waals surface area contributed by atoms with Crippen LogP contribution in [0.15, 0.2) is 82.6 Å². The maximum atomic E-state index is 12.8. The zero-order valence-electron chi connectivity index (χ0n) is 18.4. The smallest absolute Gasteiger partial charge is 0.313 e. The molecule has 0 atom stereocenters. The first-order valence-electron chi connectivity index (χ1n) is 10.8. The Kier molecular flexibility index (Phi) is 6.81. The molecule has 164 valence electrons. The van der Waals surface area contributed by atoms with Crippen LogP contribution in [-0.2, 0) is 9.59 Å². The minimum atomic E-state index is -0.591. The van der Waals surface area contributed by atoms with Crippen LogP contribution >= 0.6 is 11.8 Å². The van der Waals surface area contributed by atoms with Gasteiger partial charge in [-0.25, -0.2) is 0 Å². The average Bonchev–Trinajstić information content (AvgIpc) is 2.82. The molecule has 0 spiro atoms. The summed E-state index contributed by atoms with van der Waals surface area (Å²) in [5.41, 5.74) is 4.37. The Bertz CT molecular complexity index is 1110. The zero-order chi connectivity index (χ0) is 22.5. The summed E-state index contributed by atoms with van der Waals surface area (Å²) in [6.07, 6.45) is 0. The van der Waals surface area contributed by atoms with E-state index in [1.165, 1.54) is 16.8 Å². The molecule has 0 bridgehead atoms. The molecule has 1 heterocycles. The van der Waals surface area contributed by atoms with Crippen molar-refractivity contribution in [1.82, 2.24) is 4.90 Å². The molecule has 5 nitrogen and oxygen atoms in total. The number of benzene rings is 3. The summed E-state index contributed by atoms with van der Waals surface area (Å²) in [6, 6.07) is 23.8. The van der Waals surface area contributed by atoms with Crippen LogP contribution < -0.4 is 10.2 Å². The maximum absolute atomic E-state index is 12.8. The van der Waals surface area contributed by atoms with Gasteiger partial charge in [0.1, 0.15) is 0 Å². The van der Waals surface area contributed by atoms with Crippen molar-refractivity contribution in [3.8, 4) is 0 Å². The van der Waals surface area contributed by atoms with Crippen molar-refractivity contribution in [3.63, 3.8) is 0 Å². The van der Waals surface area contributed by atoms with Crippen LogP contribution in [0.1, 0.15) is 11.1 Å². The highest BCUT2D eigenvalue weighted by Crippen LogP contribution is 2.33. The van der Waals surface area contributed by atoms with Gasteiger partial charge in [-0.3, -0.25) is 9.59 Å². The molecular weight excluding hydrogens is 418 g/mol. The number of piperazine rings is 1. The fourth-order valence-corrected chi connectivity index (χ4v) is 4.75. The molecule has 3 aromatic rings. The molecule has 1 N–H and O–H groups in total. The van der Waals surface area contributed by atoms with E-state index < -0.39 is 11.8 Å². The predicted octanol–water partition coefficient (Wildman–Crippen LogP) is 4.74. The van der Waals surface area contributed by atoms with Crippen molar-refractivity contribution in [3.05, 3.63) is 83.9 Å². The van der Waals surface area contributed by atoms with Crippen molar-refractivity contribution in [1.29, 1.82) is 0 Å². The molecule has 3 aromatic carbocycles. The largest absolute Gasteiger partial charge is 0.368 e. The summed E-state index contributed by atoms with van der Waals surface area (Å²) in [6.45, 7) is 6.71. The summed E-state index contributed by atoms with van der Waals surface area (Å²) >= 11 is 1.56. The van der Waals surface area contributed by atoms with Crippen LogP contribution in [0.2, 0.25) is 0 Å². The fraction of sp³-hybridized carbons (Fsp3) is 0.231. The molecular formula is C26H27N3O2S. The van der Waals surface area contributed by atoms with Gasteiger partial charge in [0.25, 0.3) is 0 Å². The van der Waals surface area contributed by atoms with Crippen molar-refractivity contribution >= 4 is 35.0 Å². The second-order valence-electron chi connectivity index (χ2n) is 7.86. The lowest BCUT2D eigenvalue weighted by molar-refractivity contribution is -0.143. The highest BCUT2D eigenvalue weighted by molar-refractivity contribution is 7.99. The highest BCUT2D eigenvalue weighted by Gasteiger charge is 2.27. The van der Waals surface area contributed by atoms with Gasteiger partial charge >= 0.3 is 11.8 Å². The van der Waals surface area contributed by atoms with E-state index in [0.29, 0.717) is 31.9 Å². The molecule has 1 aliphatic heterocycles. The molecule has 2 amide bonds. The van der Waals surface area contributed by atoms with Gasteiger partial charge in [-0.15, -0.1) is 0 Å². The summed E-state index contributed by atoms with van der Waals surface area (Å²) in [7, 11) is 0. The van der Waals surface area contributed by atoms with E-state index >= 15 is 0 Å². The van der Waals surface area contributed by atoms with Crippen LogP contribution in [0.3, 0.4) is 0 Å². The standard InChI is InChI=1S/C26H27N3O2S/c1-19-9-8-13-23(20(19)2)28-15-17-29(18-16-28)26(31)25(30)27-22-12-6-7-14-24(22)32-21-10-4-3-5-11-21/h3-14H,15-18H2,1-2H3,(H,27,30). The number of amides is 2. The lowest BCUT2D eigenvalue weighted by Crippen LogP contribution is -2.51. The molecule has 0 saturated carbocycles. The minimum absolute atomic E-state index is 0.481. The van der Waals surface area contributed by atoms with Gasteiger partial charge in [-0.2, -0.15) is 0 Å². The van der Waals surface area contributed by atoms with Gasteiger partial charge in [0.2, 0.25) is 0 Å². The third kappa shape index (κ3) is 4.97. The topological polar surface area (TPSA) is 52.7 Å². The number of carbonyl (C=O) groups excluding carboxylic acids is 2. The molecule has 4 rings (SSSR count). The monoisotopic (exact) mass is 445 g/mol. The fourth-order valence-electron chi connectivity index (χ4n) is 3.82. The number of aryl methyl sites for hydroxylation is 1. The zero-order valence-corrected chi connectivity index (χ0v) is 19.2.